The summed E-state index contributed by atoms with van der Waals surface area (Å²) in [6.45, 7) is 1.32. The van der Waals surface area contributed by atoms with Crippen LogP contribution in [0.2, 0.25) is 0 Å². The molecule has 0 radical (unpaired) electrons. The first-order valence-corrected chi connectivity index (χ1v) is 3.13. The third kappa shape index (κ3) is 4.32. The van der Waals surface area contributed by atoms with Crippen LogP contribution in [0.3, 0.4) is 0 Å². The molecule has 0 atom stereocenters. The van der Waals surface area contributed by atoms with E-state index in [2.05, 4.69) is 10.2 Å². The zero-order chi connectivity index (χ0) is 8.85. The van der Waals surface area contributed by atoms with Gasteiger partial charge in [-0.05, 0) is 0 Å². The normalized spacial score (nSPS) is 9.00. The van der Waals surface area contributed by atoms with Gasteiger partial charge in [-0.15, -0.1) is 0 Å². The van der Waals surface area contributed by atoms with Gasteiger partial charge in [-0.3, -0.25) is 14.4 Å². The van der Waals surface area contributed by atoms with Crippen LogP contribution in [0, 0.1) is 0 Å². The lowest BCUT2D eigenvalue weighted by atomic mass is 10.5. The van der Waals surface area contributed by atoms with Gasteiger partial charge in [0.15, 0.2) is 0 Å². The molecule has 0 aliphatic heterocycles. The minimum Gasteiger partial charge on any atom is -0.347 e. The highest BCUT2D eigenvalue weighted by atomic mass is 16.7. The van der Waals surface area contributed by atoms with E-state index in [0.717, 1.165) is 5.06 Å². The average Bonchev–Trinajstić information content (AvgIpc) is 1.98. The predicted molar refractivity (Wildman–Crippen MR) is 38.5 cm³/mol. The molecule has 0 aromatic heterocycles. The number of carbonyl (C=O) groups is 2. The number of hydrogen-bond acceptors (Lipinski definition) is 3. The van der Waals surface area contributed by atoms with Crippen molar-refractivity contribution in [3.63, 3.8) is 0 Å². The summed E-state index contributed by atoms with van der Waals surface area (Å²) in [5.41, 5.74) is 0. The maximum absolute atomic E-state index is 10.9. The van der Waals surface area contributed by atoms with E-state index in [4.69, 9.17) is 0 Å². The maximum Gasteiger partial charge on any atom is 0.265 e. The van der Waals surface area contributed by atoms with Crippen LogP contribution in [0.15, 0.2) is 0 Å². The van der Waals surface area contributed by atoms with E-state index in [9.17, 15) is 9.59 Å². The zero-order valence-corrected chi connectivity index (χ0v) is 6.88. The Hall–Kier alpha value is -1.10. The molecular weight excluding hydrogens is 148 g/mol. The van der Waals surface area contributed by atoms with Crippen molar-refractivity contribution in [3.05, 3.63) is 0 Å². The average molecular weight is 160 g/mol. The number of rotatable bonds is 3. The SMILES string of the molecule is CON(C)C(=O)CNC(C)=O. The summed E-state index contributed by atoms with van der Waals surface area (Å²) in [5.74, 6) is -0.523. The first-order chi connectivity index (χ1) is 5.07. The van der Waals surface area contributed by atoms with Gasteiger partial charge >= 0.3 is 0 Å². The fraction of sp³-hybridized carbons (Fsp3) is 0.667. The lowest BCUT2D eigenvalue weighted by Gasteiger charge is -2.12. The molecule has 0 saturated carbocycles. The summed E-state index contributed by atoms with van der Waals surface area (Å²) in [6.07, 6.45) is 0. The summed E-state index contributed by atoms with van der Waals surface area (Å²) < 4.78 is 0. The fourth-order valence-corrected chi connectivity index (χ4v) is 0.413. The first kappa shape index (κ1) is 9.90. The maximum atomic E-state index is 10.9. The fourth-order valence-electron chi connectivity index (χ4n) is 0.413. The van der Waals surface area contributed by atoms with Crippen molar-refractivity contribution in [2.75, 3.05) is 20.7 Å². The highest BCUT2D eigenvalue weighted by Crippen LogP contribution is 1.81. The van der Waals surface area contributed by atoms with Crippen LogP contribution in [0.25, 0.3) is 0 Å². The molecule has 0 rings (SSSR count). The van der Waals surface area contributed by atoms with Gasteiger partial charge in [0, 0.05) is 14.0 Å². The van der Waals surface area contributed by atoms with Crippen LogP contribution in [-0.4, -0.2) is 37.6 Å². The Morgan fingerprint density at radius 2 is 2.09 bits per heavy atom. The Labute approximate surface area is 65.3 Å². The van der Waals surface area contributed by atoms with Crippen LogP contribution >= 0.6 is 0 Å². The molecule has 0 unspecified atom stereocenters. The second kappa shape index (κ2) is 4.68. The highest BCUT2D eigenvalue weighted by molar-refractivity contribution is 5.82. The van der Waals surface area contributed by atoms with Gasteiger partial charge in [-0.2, -0.15) is 0 Å². The molecule has 0 saturated heterocycles. The Kier molecular flexibility index (Phi) is 4.21. The van der Waals surface area contributed by atoms with E-state index >= 15 is 0 Å². The van der Waals surface area contributed by atoms with E-state index in [1.54, 1.807) is 0 Å². The lowest BCUT2D eigenvalue weighted by Crippen LogP contribution is -2.36. The molecule has 0 aromatic rings. The summed E-state index contributed by atoms with van der Waals surface area (Å²) in [5, 5.41) is 3.40. The number of hydrogen-bond donors (Lipinski definition) is 1. The van der Waals surface area contributed by atoms with Crippen molar-refractivity contribution in [1.29, 1.82) is 0 Å². The molecule has 0 aromatic carbocycles. The second-order valence-corrected chi connectivity index (χ2v) is 1.98. The topological polar surface area (TPSA) is 58.6 Å². The predicted octanol–water partition coefficient (Wildman–Crippen LogP) is -0.858. The Balaban J connectivity index is 3.60. The minimum atomic E-state index is -0.289. The largest absolute Gasteiger partial charge is 0.347 e. The number of nitrogens with zero attached hydrogens (tertiary/aromatic N) is 1. The minimum absolute atomic E-state index is 0.0281. The second-order valence-electron chi connectivity index (χ2n) is 1.98. The molecule has 0 aliphatic rings. The van der Waals surface area contributed by atoms with Crippen LogP contribution in [0.1, 0.15) is 6.92 Å². The monoisotopic (exact) mass is 160 g/mol. The van der Waals surface area contributed by atoms with E-state index in [1.165, 1.54) is 21.1 Å². The zero-order valence-electron chi connectivity index (χ0n) is 6.88. The lowest BCUT2D eigenvalue weighted by molar-refractivity contribution is -0.167. The van der Waals surface area contributed by atoms with E-state index < -0.39 is 0 Å². The van der Waals surface area contributed by atoms with Crippen LogP contribution in [0.5, 0.6) is 0 Å². The van der Waals surface area contributed by atoms with Gasteiger partial charge in [0.2, 0.25) is 5.91 Å². The van der Waals surface area contributed by atoms with Crippen molar-refractivity contribution >= 4 is 11.8 Å². The van der Waals surface area contributed by atoms with Gasteiger partial charge in [0.05, 0.1) is 13.7 Å². The van der Waals surface area contributed by atoms with Crippen LogP contribution in [0.4, 0.5) is 0 Å². The number of amides is 2. The van der Waals surface area contributed by atoms with Gasteiger partial charge < -0.3 is 5.32 Å². The summed E-state index contributed by atoms with van der Waals surface area (Å²) in [7, 11) is 2.86. The Morgan fingerprint density at radius 1 is 1.55 bits per heavy atom. The summed E-state index contributed by atoms with van der Waals surface area (Å²) in [6, 6.07) is 0. The Bertz CT molecular complexity index is 158. The van der Waals surface area contributed by atoms with Crippen molar-refractivity contribution in [1.82, 2.24) is 10.4 Å². The Morgan fingerprint density at radius 3 is 2.45 bits per heavy atom. The molecule has 11 heavy (non-hydrogen) atoms. The third-order valence-corrected chi connectivity index (χ3v) is 1.11. The van der Waals surface area contributed by atoms with Crippen molar-refractivity contribution < 1.29 is 14.4 Å². The summed E-state index contributed by atoms with van der Waals surface area (Å²) >= 11 is 0. The molecule has 0 heterocycles. The molecular formula is C6H12N2O3. The van der Waals surface area contributed by atoms with Crippen molar-refractivity contribution in [2.24, 2.45) is 0 Å². The smallest absolute Gasteiger partial charge is 0.265 e. The van der Waals surface area contributed by atoms with E-state index in [1.807, 2.05) is 0 Å². The molecule has 5 nitrogen and oxygen atoms in total. The van der Waals surface area contributed by atoms with Gasteiger partial charge in [-0.1, -0.05) is 0 Å². The van der Waals surface area contributed by atoms with Gasteiger partial charge in [-0.25, -0.2) is 5.06 Å². The molecule has 64 valence electrons. The molecule has 0 spiro atoms. The molecule has 2 amide bonds. The van der Waals surface area contributed by atoms with E-state index in [0.29, 0.717) is 0 Å². The number of nitrogens with one attached hydrogen (secondary N) is 1. The van der Waals surface area contributed by atoms with Crippen molar-refractivity contribution in [3.8, 4) is 0 Å². The molecule has 0 aliphatic carbocycles. The first-order valence-electron chi connectivity index (χ1n) is 3.13. The molecule has 1 N–H and O–H groups in total. The molecule has 0 fully saturated rings. The van der Waals surface area contributed by atoms with Crippen LogP contribution < -0.4 is 5.32 Å². The molecule has 5 heteroatoms. The van der Waals surface area contributed by atoms with E-state index in [-0.39, 0.29) is 18.4 Å². The van der Waals surface area contributed by atoms with Gasteiger partial charge in [0.25, 0.3) is 5.91 Å². The molecule has 0 bridgehead atoms. The standard InChI is InChI=1S/C6H12N2O3/c1-5(9)7-4-6(10)8(2)11-3/h4H2,1-3H3,(H,7,9). The third-order valence-electron chi connectivity index (χ3n) is 1.11. The highest BCUT2D eigenvalue weighted by Gasteiger charge is 2.06. The number of hydroxylamine groups is 2. The van der Waals surface area contributed by atoms with Crippen LogP contribution in [-0.2, 0) is 14.4 Å². The number of carbonyl (C=O) groups excluding carboxylic acids is 2. The quantitative estimate of drug-likeness (QED) is 0.547. The summed E-state index contributed by atoms with van der Waals surface area (Å²) in [4.78, 5) is 25.8. The van der Waals surface area contributed by atoms with Gasteiger partial charge in [0.1, 0.15) is 0 Å². The number of likely N-dealkylation sites (N-methyl/N-ethyl adjacent to an activating group) is 1. The van der Waals surface area contributed by atoms with Crippen molar-refractivity contribution in [2.45, 2.75) is 6.92 Å².